The second-order valence-corrected chi connectivity index (χ2v) is 8.41. The lowest BCUT2D eigenvalue weighted by Crippen LogP contribution is -2.23. The summed E-state index contributed by atoms with van der Waals surface area (Å²) in [4.78, 5) is 25.7. The van der Waals surface area contributed by atoms with Gasteiger partial charge in [-0.05, 0) is 48.0 Å². The van der Waals surface area contributed by atoms with Crippen LogP contribution in [0.5, 0.6) is 5.75 Å². The van der Waals surface area contributed by atoms with Crippen LogP contribution in [0.15, 0.2) is 60.8 Å². The number of fused-ring (bicyclic) bond motifs is 1. The molecule has 36 heavy (non-hydrogen) atoms. The van der Waals surface area contributed by atoms with Crippen LogP contribution in [-0.4, -0.2) is 26.8 Å². The zero-order chi connectivity index (χ0) is 25.5. The molecule has 0 bridgehead atoms. The number of anilines is 1. The van der Waals surface area contributed by atoms with Crippen molar-refractivity contribution in [2.24, 2.45) is 0 Å². The van der Waals surface area contributed by atoms with E-state index in [0.29, 0.717) is 23.2 Å². The molecule has 0 spiro atoms. The fourth-order valence-electron chi connectivity index (χ4n) is 3.53. The van der Waals surface area contributed by atoms with Crippen LogP contribution in [0.2, 0.25) is 10.0 Å². The number of hydrogen-bond donors (Lipinski definition) is 2. The number of carbonyl (C=O) groups is 2. The topological polar surface area (TPSA) is 103 Å². The van der Waals surface area contributed by atoms with Crippen molar-refractivity contribution >= 4 is 51.5 Å². The van der Waals surface area contributed by atoms with E-state index in [1.165, 1.54) is 30.5 Å². The summed E-state index contributed by atoms with van der Waals surface area (Å²) in [6.07, 6.45) is -3.31. The summed E-state index contributed by atoms with van der Waals surface area (Å²) in [7, 11) is 0. The normalized spacial score (nSPS) is 11.3. The van der Waals surface area contributed by atoms with Crippen molar-refractivity contribution in [3.8, 4) is 5.75 Å². The Labute approximate surface area is 211 Å². The van der Waals surface area contributed by atoms with Crippen LogP contribution in [0, 0.1) is 5.82 Å². The molecule has 0 aliphatic carbocycles. The highest BCUT2D eigenvalue weighted by molar-refractivity contribution is 6.50. The first kappa shape index (κ1) is 27.0. The number of amides is 1. The van der Waals surface area contributed by atoms with E-state index < -0.39 is 39.3 Å². The van der Waals surface area contributed by atoms with E-state index in [2.05, 4.69) is 5.32 Å². The van der Waals surface area contributed by atoms with Gasteiger partial charge in [0.2, 0.25) is 0 Å². The molecule has 188 valence electrons. The Morgan fingerprint density at radius 1 is 0.972 bits per heavy atom. The molecule has 0 fully saturated rings. The van der Waals surface area contributed by atoms with E-state index in [4.69, 9.17) is 23.2 Å². The van der Waals surface area contributed by atoms with Crippen LogP contribution in [-0.2, 0) is 17.5 Å². The molecule has 4 rings (SSSR count). The predicted octanol–water partition coefficient (Wildman–Crippen LogP) is 5.86. The van der Waals surface area contributed by atoms with Gasteiger partial charge in [0.05, 0.1) is 26.9 Å². The number of rotatable bonds is 5. The Morgan fingerprint density at radius 3 is 2.17 bits per heavy atom. The molecule has 1 aromatic heterocycles. The summed E-state index contributed by atoms with van der Waals surface area (Å²) >= 11 is 11.8. The van der Waals surface area contributed by atoms with Gasteiger partial charge in [-0.2, -0.15) is 13.2 Å². The molecule has 0 radical (unpaired) electrons. The number of hydrogen-bond acceptors (Lipinski definition) is 3. The number of nitrogens with zero attached hydrogens (tertiary/aromatic N) is 1. The average Bonchev–Trinajstić information content (AvgIpc) is 3.13. The van der Waals surface area contributed by atoms with Crippen molar-refractivity contribution in [2.45, 2.75) is 12.7 Å². The van der Waals surface area contributed by atoms with E-state index >= 15 is 0 Å². The van der Waals surface area contributed by atoms with Gasteiger partial charge in [-0.3, -0.25) is 9.59 Å². The number of halogens is 6. The fourth-order valence-corrected chi connectivity index (χ4v) is 4.11. The second kappa shape index (κ2) is 10.2. The molecule has 0 atom stereocenters. The van der Waals surface area contributed by atoms with Crippen molar-refractivity contribution in [3.05, 3.63) is 93.3 Å². The zero-order valence-electron chi connectivity index (χ0n) is 18.0. The van der Waals surface area contributed by atoms with Gasteiger partial charge in [-0.25, -0.2) is 4.39 Å². The van der Waals surface area contributed by atoms with E-state index in [-0.39, 0.29) is 34.4 Å². The first-order valence-corrected chi connectivity index (χ1v) is 10.7. The summed E-state index contributed by atoms with van der Waals surface area (Å²) in [6, 6.07) is 11.1. The van der Waals surface area contributed by atoms with Crippen molar-refractivity contribution in [1.29, 1.82) is 0 Å². The molecule has 4 N–H and O–H groups in total. The van der Waals surface area contributed by atoms with Crippen LogP contribution in [0.25, 0.3) is 10.9 Å². The lowest BCUT2D eigenvalue weighted by atomic mass is 10.1. The van der Waals surface area contributed by atoms with Crippen molar-refractivity contribution in [3.63, 3.8) is 0 Å². The summed E-state index contributed by atoms with van der Waals surface area (Å²) in [5.41, 5.74) is -0.319. The van der Waals surface area contributed by atoms with Crippen LogP contribution in [0.3, 0.4) is 0 Å². The van der Waals surface area contributed by atoms with Gasteiger partial charge in [0.25, 0.3) is 11.7 Å². The molecule has 0 saturated carbocycles. The van der Waals surface area contributed by atoms with E-state index in [0.717, 1.165) is 0 Å². The second-order valence-electron chi connectivity index (χ2n) is 7.59. The maximum absolute atomic E-state index is 13.2. The quantitative estimate of drug-likeness (QED) is 0.187. The standard InChI is InChI=1S/C24H14Cl2F4N2O3.H2O/c25-18-7-13(24(28,29)30)8-19(26)21(18)31-23(35)22(34)17-11-32(10-12-1-3-14(27)4-2-12)20-6-5-15(33)9-16(17)20;/h1-9,11,33H,10H2,(H,31,35);1H2. The molecule has 0 aliphatic heterocycles. The van der Waals surface area contributed by atoms with Gasteiger partial charge in [-0.15, -0.1) is 0 Å². The number of Topliss-reactive ketones (excluding diaryl/α,β-unsaturated/α-hetero) is 1. The molecule has 3 aromatic carbocycles. The Hall–Kier alpha value is -3.60. The molecular formula is C24H16Cl2F4N2O4. The van der Waals surface area contributed by atoms with Crippen molar-refractivity contribution in [2.75, 3.05) is 5.32 Å². The number of phenolic OH excluding ortho intramolecular Hbond substituents is 1. The van der Waals surface area contributed by atoms with E-state index in [9.17, 15) is 32.3 Å². The Balaban J connectivity index is 0.00000361. The number of phenols is 1. The van der Waals surface area contributed by atoms with E-state index in [1.54, 1.807) is 22.8 Å². The van der Waals surface area contributed by atoms with Crippen LogP contribution in [0.4, 0.5) is 23.2 Å². The van der Waals surface area contributed by atoms with Gasteiger partial charge in [-0.1, -0.05) is 35.3 Å². The van der Waals surface area contributed by atoms with E-state index in [1.807, 2.05) is 0 Å². The third-order valence-corrected chi connectivity index (χ3v) is 5.79. The lowest BCUT2D eigenvalue weighted by molar-refractivity contribution is -0.137. The highest BCUT2D eigenvalue weighted by Crippen LogP contribution is 2.38. The highest BCUT2D eigenvalue weighted by atomic mass is 35.5. The maximum Gasteiger partial charge on any atom is 0.416 e. The monoisotopic (exact) mass is 542 g/mol. The minimum Gasteiger partial charge on any atom is -0.508 e. The minimum absolute atomic E-state index is 0. The third kappa shape index (κ3) is 5.46. The number of alkyl halides is 3. The summed E-state index contributed by atoms with van der Waals surface area (Å²) < 4.78 is 53.7. The summed E-state index contributed by atoms with van der Waals surface area (Å²) in [6.45, 7) is 0.229. The number of aromatic hydroxyl groups is 1. The first-order chi connectivity index (χ1) is 16.4. The Bertz CT molecular complexity index is 1440. The predicted molar refractivity (Wildman–Crippen MR) is 127 cm³/mol. The van der Waals surface area contributed by atoms with Crippen molar-refractivity contribution < 1.29 is 37.7 Å². The lowest BCUT2D eigenvalue weighted by Gasteiger charge is -2.12. The highest BCUT2D eigenvalue weighted by Gasteiger charge is 2.32. The SMILES string of the molecule is O.O=C(Nc1c(Cl)cc(C(F)(F)F)cc1Cl)C(=O)c1cn(Cc2ccc(F)cc2)c2ccc(O)cc12. The maximum atomic E-state index is 13.2. The Morgan fingerprint density at radius 2 is 1.58 bits per heavy atom. The molecule has 4 aromatic rings. The minimum atomic E-state index is -4.71. The first-order valence-electron chi connectivity index (χ1n) is 9.92. The molecule has 0 saturated heterocycles. The number of carbonyl (C=O) groups excluding carboxylic acids is 2. The molecular weight excluding hydrogens is 527 g/mol. The van der Waals surface area contributed by atoms with Gasteiger partial charge in [0.1, 0.15) is 11.6 Å². The van der Waals surface area contributed by atoms with Crippen LogP contribution in [0.1, 0.15) is 21.5 Å². The largest absolute Gasteiger partial charge is 0.508 e. The zero-order valence-corrected chi connectivity index (χ0v) is 19.5. The molecule has 1 amide bonds. The number of aromatic nitrogens is 1. The molecule has 1 heterocycles. The van der Waals surface area contributed by atoms with Crippen molar-refractivity contribution in [1.82, 2.24) is 4.57 Å². The van der Waals surface area contributed by atoms with Gasteiger partial charge in [0.15, 0.2) is 0 Å². The average molecular weight is 543 g/mol. The Kier molecular flexibility index (Phi) is 7.63. The number of nitrogens with one attached hydrogen (secondary N) is 1. The van der Waals surface area contributed by atoms with Gasteiger partial charge in [0, 0.05) is 23.6 Å². The fraction of sp³-hybridized carbons (Fsp3) is 0.0833. The third-order valence-electron chi connectivity index (χ3n) is 5.19. The summed E-state index contributed by atoms with van der Waals surface area (Å²) in [5.74, 6) is -2.80. The van der Waals surface area contributed by atoms with Crippen LogP contribution >= 0.6 is 23.2 Å². The summed E-state index contributed by atoms with van der Waals surface area (Å²) in [5, 5.41) is 11.3. The molecule has 12 heteroatoms. The molecule has 0 unspecified atom stereocenters. The molecule has 6 nitrogen and oxygen atoms in total. The smallest absolute Gasteiger partial charge is 0.416 e. The molecule has 0 aliphatic rings. The number of benzene rings is 3. The number of ketones is 1. The van der Waals surface area contributed by atoms with Crippen LogP contribution < -0.4 is 5.32 Å². The van der Waals surface area contributed by atoms with Gasteiger partial charge < -0.3 is 20.5 Å². The van der Waals surface area contributed by atoms with Gasteiger partial charge >= 0.3 is 6.18 Å².